The minimum Gasteiger partial charge on any atom is -0.497 e. The van der Waals surface area contributed by atoms with Gasteiger partial charge in [-0.25, -0.2) is 8.42 Å². The first-order chi connectivity index (χ1) is 13.7. The number of sulfonamides is 1. The molecule has 0 radical (unpaired) electrons. The molecule has 0 saturated carbocycles. The number of nitrogens with one attached hydrogen (secondary N) is 1. The summed E-state index contributed by atoms with van der Waals surface area (Å²) >= 11 is 0. The molecule has 0 aliphatic carbocycles. The van der Waals surface area contributed by atoms with Crippen LogP contribution in [0.5, 0.6) is 11.5 Å². The van der Waals surface area contributed by atoms with Gasteiger partial charge < -0.3 is 14.8 Å². The van der Waals surface area contributed by atoms with Crippen molar-refractivity contribution in [3.05, 3.63) is 54.1 Å². The zero-order valence-corrected chi connectivity index (χ0v) is 18.2. The Morgan fingerprint density at radius 2 is 1.69 bits per heavy atom. The Morgan fingerprint density at radius 1 is 1.07 bits per heavy atom. The van der Waals surface area contributed by atoms with Crippen molar-refractivity contribution in [2.75, 3.05) is 24.8 Å². The fourth-order valence-corrected chi connectivity index (χ4v) is 4.41. The van der Waals surface area contributed by atoms with E-state index < -0.39 is 16.1 Å². The van der Waals surface area contributed by atoms with Gasteiger partial charge in [0.15, 0.2) is 0 Å². The maximum Gasteiger partial charge on any atom is 0.244 e. The maximum absolute atomic E-state index is 13.1. The van der Waals surface area contributed by atoms with Crippen LogP contribution in [0.3, 0.4) is 0 Å². The van der Waals surface area contributed by atoms with Crippen LogP contribution in [0.15, 0.2) is 48.5 Å². The molecule has 0 heterocycles. The summed E-state index contributed by atoms with van der Waals surface area (Å²) in [5, 5.41) is 2.92. The normalized spacial score (nSPS) is 13.3. The van der Waals surface area contributed by atoms with Gasteiger partial charge in [-0.15, -0.1) is 0 Å². The van der Waals surface area contributed by atoms with E-state index in [9.17, 15) is 13.2 Å². The van der Waals surface area contributed by atoms with E-state index >= 15 is 0 Å². The van der Waals surface area contributed by atoms with E-state index in [1.165, 1.54) is 7.11 Å². The molecule has 0 spiro atoms. The van der Waals surface area contributed by atoms with E-state index in [0.29, 0.717) is 23.6 Å². The second-order valence-corrected chi connectivity index (χ2v) is 8.51. The molecular formula is C21H28N2O5S. The van der Waals surface area contributed by atoms with Gasteiger partial charge in [-0.1, -0.05) is 25.1 Å². The molecule has 2 rings (SSSR count). The highest BCUT2D eigenvalue weighted by Gasteiger charge is 2.32. The number of benzene rings is 2. The van der Waals surface area contributed by atoms with Crippen LogP contribution in [0.1, 0.15) is 31.9 Å². The summed E-state index contributed by atoms with van der Waals surface area (Å²) in [5.41, 5.74) is 1.22. The lowest BCUT2D eigenvalue weighted by Crippen LogP contribution is -2.49. The number of hydrogen-bond acceptors (Lipinski definition) is 5. The number of hydrogen-bond donors (Lipinski definition) is 1. The largest absolute Gasteiger partial charge is 0.497 e. The molecule has 1 N–H and O–H groups in total. The highest BCUT2D eigenvalue weighted by molar-refractivity contribution is 7.92. The van der Waals surface area contributed by atoms with Crippen LogP contribution in [-0.2, 0) is 14.8 Å². The zero-order valence-electron chi connectivity index (χ0n) is 17.4. The lowest BCUT2D eigenvalue weighted by Gasteiger charge is -2.31. The Hall–Kier alpha value is -2.74. The smallest absolute Gasteiger partial charge is 0.244 e. The quantitative estimate of drug-likeness (QED) is 0.674. The van der Waals surface area contributed by atoms with Crippen molar-refractivity contribution in [1.29, 1.82) is 0 Å². The van der Waals surface area contributed by atoms with E-state index in [-0.39, 0.29) is 11.9 Å². The summed E-state index contributed by atoms with van der Waals surface area (Å²) < 4.78 is 36.7. The highest BCUT2D eigenvalue weighted by atomic mass is 32.2. The molecule has 7 nitrogen and oxygen atoms in total. The molecule has 0 bridgehead atoms. The number of carbonyl (C=O) groups excluding carboxylic acids is 1. The Balaban J connectivity index is 2.32. The molecule has 0 aliphatic heterocycles. The monoisotopic (exact) mass is 420 g/mol. The fraction of sp³-hybridized carbons (Fsp3) is 0.381. The molecule has 158 valence electrons. The average Bonchev–Trinajstić information content (AvgIpc) is 2.70. The van der Waals surface area contributed by atoms with Gasteiger partial charge in [0, 0.05) is 5.56 Å². The molecule has 0 fully saturated rings. The number of nitrogens with zero attached hydrogens (tertiary/aromatic N) is 1. The van der Waals surface area contributed by atoms with Crippen molar-refractivity contribution in [3.63, 3.8) is 0 Å². The third-order valence-corrected chi connectivity index (χ3v) is 5.80. The van der Waals surface area contributed by atoms with Crippen LogP contribution in [0, 0.1) is 0 Å². The van der Waals surface area contributed by atoms with Crippen molar-refractivity contribution >= 4 is 21.6 Å². The zero-order chi connectivity index (χ0) is 21.6. The van der Waals surface area contributed by atoms with Gasteiger partial charge in [0.1, 0.15) is 17.5 Å². The van der Waals surface area contributed by atoms with Gasteiger partial charge >= 0.3 is 0 Å². The minimum absolute atomic E-state index is 0.309. The summed E-state index contributed by atoms with van der Waals surface area (Å²) in [6, 6.07) is 12.7. The Labute approximate surface area is 172 Å². The van der Waals surface area contributed by atoms with E-state index in [4.69, 9.17) is 9.47 Å². The summed E-state index contributed by atoms with van der Waals surface area (Å²) in [6.07, 6.45) is 1.40. The summed E-state index contributed by atoms with van der Waals surface area (Å²) in [6.45, 7) is 3.61. The van der Waals surface area contributed by atoms with Crippen LogP contribution < -0.4 is 19.1 Å². The predicted octanol–water partition coefficient (Wildman–Crippen LogP) is 3.13. The third-order valence-electron chi connectivity index (χ3n) is 4.62. The van der Waals surface area contributed by atoms with Gasteiger partial charge in [0.2, 0.25) is 15.9 Å². The van der Waals surface area contributed by atoms with E-state index in [1.54, 1.807) is 38.3 Å². The number of rotatable bonds is 9. The van der Waals surface area contributed by atoms with E-state index in [0.717, 1.165) is 16.1 Å². The molecule has 1 amide bonds. The number of anilines is 1. The number of para-hydroxylation sites is 1. The first kappa shape index (κ1) is 22.5. The Kier molecular flexibility index (Phi) is 7.50. The Morgan fingerprint density at radius 3 is 2.21 bits per heavy atom. The van der Waals surface area contributed by atoms with Crippen molar-refractivity contribution in [2.24, 2.45) is 0 Å². The first-order valence-corrected chi connectivity index (χ1v) is 11.1. The highest BCUT2D eigenvalue weighted by Crippen LogP contribution is 2.27. The molecule has 0 saturated heterocycles. The number of methoxy groups -OCH3 is 2. The standard InChI is InChI=1S/C21H28N2O5S/c1-6-19(21(24)22-15(2)18-9-7-8-10-20(18)28-4)23(29(5,25)26)16-11-13-17(27-3)14-12-16/h7-15,19H,6H2,1-5H3,(H,22,24)/t15-,19-/m0/s1. The van der Waals surface area contributed by atoms with Gasteiger partial charge in [0.25, 0.3) is 0 Å². The van der Waals surface area contributed by atoms with Gasteiger partial charge in [-0.3, -0.25) is 9.10 Å². The summed E-state index contributed by atoms with van der Waals surface area (Å²) in [7, 11) is -0.601. The number of carbonyl (C=O) groups is 1. The second kappa shape index (κ2) is 9.65. The van der Waals surface area contributed by atoms with Gasteiger partial charge in [-0.2, -0.15) is 0 Å². The molecule has 2 aromatic carbocycles. The summed E-state index contributed by atoms with van der Waals surface area (Å²) in [4.78, 5) is 13.1. The molecular weight excluding hydrogens is 392 g/mol. The van der Waals surface area contributed by atoms with Crippen molar-refractivity contribution in [3.8, 4) is 11.5 Å². The third kappa shape index (κ3) is 5.41. The molecule has 2 aromatic rings. The van der Waals surface area contributed by atoms with Crippen LogP contribution in [0.2, 0.25) is 0 Å². The average molecular weight is 421 g/mol. The van der Waals surface area contributed by atoms with Gasteiger partial charge in [0.05, 0.1) is 32.2 Å². The Bertz CT molecular complexity index is 928. The first-order valence-electron chi connectivity index (χ1n) is 9.29. The van der Waals surface area contributed by atoms with Crippen molar-refractivity contribution in [2.45, 2.75) is 32.4 Å². The minimum atomic E-state index is -3.70. The topological polar surface area (TPSA) is 84.9 Å². The second-order valence-electron chi connectivity index (χ2n) is 6.65. The maximum atomic E-state index is 13.1. The van der Waals surface area contributed by atoms with Gasteiger partial charge in [-0.05, 0) is 43.7 Å². The fourth-order valence-electron chi connectivity index (χ4n) is 3.20. The molecule has 8 heteroatoms. The number of amides is 1. The lowest BCUT2D eigenvalue weighted by atomic mass is 10.1. The van der Waals surface area contributed by atoms with Crippen LogP contribution >= 0.6 is 0 Å². The summed E-state index contributed by atoms with van der Waals surface area (Å²) in [5.74, 6) is 0.875. The SMILES string of the molecule is CC[C@@H](C(=O)N[C@@H](C)c1ccccc1OC)N(c1ccc(OC)cc1)S(C)(=O)=O. The molecule has 2 atom stereocenters. The van der Waals surface area contributed by atoms with E-state index in [2.05, 4.69) is 5.32 Å². The predicted molar refractivity (Wildman–Crippen MR) is 114 cm³/mol. The van der Waals surface area contributed by atoms with Crippen molar-refractivity contribution in [1.82, 2.24) is 5.32 Å². The van der Waals surface area contributed by atoms with E-state index in [1.807, 2.05) is 31.2 Å². The lowest BCUT2D eigenvalue weighted by molar-refractivity contribution is -0.122. The van der Waals surface area contributed by atoms with Crippen molar-refractivity contribution < 1.29 is 22.7 Å². The number of ether oxygens (including phenoxy) is 2. The molecule has 29 heavy (non-hydrogen) atoms. The molecule has 0 unspecified atom stereocenters. The molecule has 0 aromatic heterocycles. The van der Waals surface area contributed by atoms with Crippen LogP contribution in [-0.4, -0.2) is 40.8 Å². The van der Waals surface area contributed by atoms with Crippen LogP contribution in [0.4, 0.5) is 5.69 Å². The molecule has 0 aliphatic rings. The van der Waals surface area contributed by atoms with Crippen LogP contribution in [0.25, 0.3) is 0 Å².